The van der Waals surface area contributed by atoms with Crippen molar-refractivity contribution in [1.82, 2.24) is 0 Å². The quantitative estimate of drug-likeness (QED) is 0.0725. The molecule has 0 N–H and O–H groups in total. The molecule has 1 unspecified atom stereocenters. The fourth-order valence-electron chi connectivity index (χ4n) is 4.69. The second kappa shape index (κ2) is 15.2. The van der Waals surface area contributed by atoms with Crippen LogP contribution in [0.25, 0.3) is 10.4 Å². The van der Waals surface area contributed by atoms with Crippen molar-refractivity contribution in [1.29, 1.82) is 0 Å². The van der Waals surface area contributed by atoms with Crippen LogP contribution in [-0.4, -0.2) is 61.1 Å². The third kappa shape index (κ3) is 7.75. The van der Waals surface area contributed by atoms with Gasteiger partial charge in [0, 0.05) is 4.91 Å². The first-order valence-electron chi connectivity index (χ1n) is 14.1. The average molecular weight is 622 g/mol. The SMILES string of the molecule is [N-]=[N+]=NC1O[C@H](COC(=O)c2ccccc2)[C@@H](OC(=O)c2ccccc2)[C@H](OC(=O)c2ccccc2)[C@H]1OC(=O)c1ccccc1. The molecule has 0 radical (unpaired) electrons. The zero-order valence-corrected chi connectivity index (χ0v) is 24.2. The van der Waals surface area contributed by atoms with E-state index in [2.05, 4.69) is 10.0 Å². The first-order chi connectivity index (χ1) is 22.4. The Morgan fingerprint density at radius 3 is 1.35 bits per heavy atom. The highest BCUT2D eigenvalue weighted by molar-refractivity contribution is 5.91. The smallest absolute Gasteiger partial charge is 0.338 e. The number of nitrogens with zero attached hydrogens (tertiary/aromatic N) is 3. The molecule has 0 spiro atoms. The monoisotopic (exact) mass is 621 g/mol. The van der Waals surface area contributed by atoms with Gasteiger partial charge < -0.3 is 23.7 Å². The van der Waals surface area contributed by atoms with Gasteiger partial charge in [0.15, 0.2) is 24.5 Å². The van der Waals surface area contributed by atoms with Gasteiger partial charge in [0.05, 0.1) is 22.3 Å². The molecule has 4 aromatic rings. The Labute approximate surface area is 263 Å². The van der Waals surface area contributed by atoms with Gasteiger partial charge in [-0.2, -0.15) is 0 Å². The second-order valence-corrected chi connectivity index (χ2v) is 9.94. The lowest BCUT2D eigenvalue weighted by Gasteiger charge is -2.43. The zero-order chi connectivity index (χ0) is 32.3. The number of hydrogen-bond acceptors (Lipinski definition) is 10. The van der Waals surface area contributed by atoms with E-state index in [-0.39, 0.29) is 22.3 Å². The van der Waals surface area contributed by atoms with Crippen LogP contribution >= 0.6 is 0 Å². The van der Waals surface area contributed by atoms with Crippen molar-refractivity contribution in [3.8, 4) is 0 Å². The largest absolute Gasteiger partial charge is 0.459 e. The summed E-state index contributed by atoms with van der Waals surface area (Å²) in [4.78, 5) is 55.7. The minimum atomic E-state index is -1.59. The van der Waals surface area contributed by atoms with Crippen LogP contribution in [0, 0.1) is 0 Å². The van der Waals surface area contributed by atoms with Crippen LogP contribution in [0.3, 0.4) is 0 Å². The predicted octanol–water partition coefficient (Wildman–Crippen LogP) is 5.56. The van der Waals surface area contributed by atoms with E-state index in [1.807, 2.05) is 0 Å². The van der Waals surface area contributed by atoms with Gasteiger partial charge in [-0.25, -0.2) is 19.2 Å². The summed E-state index contributed by atoms with van der Waals surface area (Å²) < 4.78 is 29.0. The lowest BCUT2D eigenvalue weighted by molar-refractivity contribution is -0.227. The molecule has 12 nitrogen and oxygen atoms in total. The molecule has 1 saturated heterocycles. The minimum Gasteiger partial charge on any atom is -0.459 e. The molecule has 0 bridgehead atoms. The van der Waals surface area contributed by atoms with Gasteiger partial charge in [-0.1, -0.05) is 77.9 Å². The maximum absolute atomic E-state index is 13.4. The number of hydrogen-bond donors (Lipinski definition) is 0. The Bertz CT molecular complexity index is 1700. The highest BCUT2D eigenvalue weighted by Gasteiger charge is 2.53. The number of carbonyl (C=O) groups is 4. The van der Waals surface area contributed by atoms with Crippen LogP contribution in [0.2, 0.25) is 0 Å². The van der Waals surface area contributed by atoms with Crippen LogP contribution < -0.4 is 0 Å². The van der Waals surface area contributed by atoms with Crippen LogP contribution in [-0.2, 0) is 23.7 Å². The van der Waals surface area contributed by atoms with Crippen LogP contribution in [0.15, 0.2) is 126 Å². The molecular weight excluding hydrogens is 594 g/mol. The molecule has 232 valence electrons. The number of ether oxygens (including phenoxy) is 5. The van der Waals surface area contributed by atoms with Crippen LogP contribution in [0.1, 0.15) is 41.4 Å². The van der Waals surface area contributed by atoms with Crippen molar-refractivity contribution in [2.75, 3.05) is 6.61 Å². The summed E-state index contributed by atoms with van der Waals surface area (Å²) in [5.41, 5.74) is 10.1. The Kier molecular flexibility index (Phi) is 10.4. The topological polar surface area (TPSA) is 163 Å². The average Bonchev–Trinajstić information content (AvgIpc) is 3.11. The van der Waals surface area contributed by atoms with E-state index in [0.29, 0.717) is 0 Å². The van der Waals surface area contributed by atoms with Gasteiger partial charge in [0.25, 0.3) is 0 Å². The van der Waals surface area contributed by atoms with Crippen molar-refractivity contribution in [3.05, 3.63) is 154 Å². The molecule has 5 rings (SSSR count). The van der Waals surface area contributed by atoms with E-state index in [9.17, 15) is 24.7 Å². The van der Waals surface area contributed by atoms with Gasteiger partial charge in [-0.3, -0.25) is 0 Å². The van der Waals surface area contributed by atoms with Gasteiger partial charge in [0.1, 0.15) is 12.7 Å². The third-order valence-electron chi connectivity index (χ3n) is 6.92. The standard InChI is InChI=1S/C34H27N3O9/c35-37-36-30-29(46-34(41)25-19-11-4-12-20-25)28(45-33(40)24-17-9-3-10-18-24)27(44-32(39)23-15-7-2-8-16-23)26(43-30)21-42-31(38)22-13-5-1-6-14-22/h1-20,26-30H,21H2/t26-,27-,28+,29-,30?/m1/s1. The predicted molar refractivity (Wildman–Crippen MR) is 161 cm³/mol. The van der Waals surface area contributed by atoms with E-state index >= 15 is 0 Å². The molecule has 12 heteroatoms. The molecule has 46 heavy (non-hydrogen) atoms. The van der Waals surface area contributed by atoms with Crippen molar-refractivity contribution in [3.63, 3.8) is 0 Å². The molecule has 1 fully saturated rings. The summed E-state index contributed by atoms with van der Waals surface area (Å²) >= 11 is 0. The maximum Gasteiger partial charge on any atom is 0.338 e. The molecule has 1 heterocycles. The summed E-state index contributed by atoms with van der Waals surface area (Å²) in [7, 11) is 0. The molecule has 0 aliphatic carbocycles. The van der Waals surface area contributed by atoms with Gasteiger partial charge in [0.2, 0.25) is 0 Å². The van der Waals surface area contributed by atoms with E-state index in [0.717, 1.165) is 0 Å². The lowest BCUT2D eigenvalue weighted by Crippen LogP contribution is -2.62. The summed E-state index contributed by atoms with van der Waals surface area (Å²) in [6.45, 7) is -0.517. The first-order valence-corrected chi connectivity index (χ1v) is 14.1. The Morgan fingerprint density at radius 2 is 0.935 bits per heavy atom. The second-order valence-electron chi connectivity index (χ2n) is 9.94. The van der Waals surface area contributed by atoms with E-state index in [1.54, 1.807) is 84.9 Å². The molecule has 1 aliphatic heterocycles. The van der Waals surface area contributed by atoms with Gasteiger partial charge >= 0.3 is 23.9 Å². The van der Waals surface area contributed by atoms with Crippen molar-refractivity contribution in [2.24, 2.45) is 5.11 Å². The maximum atomic E-state index is 13.4. The summed E-state index contributed by atoms with van der Waals surface area (Å²) in [6.07, 6.45) is -7.61. The number of esters is 4. The molecule has 0 aromatic heterocycles. The molecule has 0 amide bonds. The number of azide groups is 1. The fraction of sp³-hybridized carbons (Fsp3) is 0.176. The Morgan fingerprint density at radius 1 is 0.565 bits per heavy atom. The normalized spacial score (nSPS) is 20.3. The highest BCUT2D eigenvalue weighted by Crippen LogP contribution is 2.32. The van der Waals surface area contributed by atoms with Crippen LogP contribution in [0.5, 0.6) is 0 Å². The minimum absolute atomic E-state index is 0.141. The molecule has 0 saturated carbocycles. The summed E-state index contributed by atoms with van der Waals surface area (Å²) in [5.74, 6) is -3.25. The van der Waals surface area contributed by atoms with Crippen molar-refractivity contribution in [2.45, 2.75) is 30.6 Å². The van der Waals surface area contributed by atoms with Crippen molar-refractivity contribution >= 4 is 23.9 Å². The zero-order valence-electron chi connectivity index (χ0n) is 24.2. The number of carbonyl (C=O) groups excluding carboxylic acids is 4. The Hall–Kier alpha value is -5.97. The Balaban J connectivity index is 1.53. The summed E-state index contributed by atoms with van der Waals surface area (Å²) in [6, 6.07) is 32.0. The molecule has 1 aliphatic rings. The number of rotatable bonds is 10. The fourth-order valence-corrected chi connectivity index (χ4v) is 4.69. The van der Waals surface area contributed by atoms with Crippen molar-refractivity contribution < 1.29 is 42.9 Å². The lowest BCUT2D eigenvalue weighted by atomic mass is 9.97. The van der Waals surface area contributed by atoms with E-state index in [4.69, 9.17) is 23.7 Å². The third-order valence-corrected chi connectivity index (χ3v) is 6.92. The van der Waals surface area contributed by atoms with E-state index in [1.165, 1.54) is 36.4 Å². The van der Waals surface area contributed by atoms with E-state index < -0.39 is 61.1 Å². The van der Waals surface area contributed by atoms with Gasteiger partial charge in [-0.05, 0) is 54.1 Å². The number of benzene rings is 4. The first kappa shape index (κ1) is 31.5. The molecule has 4 aromatic carbocycles. The molecule has 5 atom stereocenters. The van der Waals surface area contributed by atoms with Crippen LogP contribution in [0.4, 0.5) is 0 Å². The summed E-state index contributed by atoms with van der Waals surface area (Å²) in [5, 5.41) is 3.66. The molecular formula is C34H27N3O9. The van der Waals surface area contributed by atoms with Gasteiger partial charge in [-0.15, -0.1) is 0 Å². The highest BCUT2D eigenvalue weighted by atomic mass is 16.7.